The molecule has 3 aromatic rings. The number of hydrogen-bond acceptors (Lipinski definition) is 4. The lowest BCUT2D eigenvalue weighted by atomic mass is 9.99. The minimum Gasteiger partial charge on any atom is -0.461 e. The van der Waals surface area contributed by atoms with Crippen molar-refractivity contribution in [1.82, 2.24) is 5.32 Å². The third-order valence-corrected chi connectivity index (χ3v) is 5.81. The number of nitrogens with one attached hydrogen (secondary N) is 1. The van der Waals surface area contributed by atoms with Gasteiger partial charge in [0.05, 0.1) is 12.2 Å². The molecule has 0 aliphatic heterocycles. The first-order valence-electron chi connectivity index (χ1n) is 9.65. The monoisotopic (exact) mass is 392 g/mol. The van der Waals surface area contributed by atoms with Gasteiger partial charge in [-0.2, -0.15) is 0 Å². The molecule has 0 radical (unpaired) electrons. The summed E-state index contributed by atoms with van der Waals surface area (Å²) in [6.45, 7) is 2.51. The fourth-order valence-electron chi connectivity index (χ4n) is 3.87. The molecule has 1 aliphatic rings. The Morgan fingerprint density at radius 1 is 1.17 bits per heavy atom. The molecule has 4 rings (SSSR count). The molecule has 150 valence electrons. The average molecular weight is 392 g/mol. The quantitative estimate of drug-likeness (QED) is 0.600. The van der Waals surface area contributed by atoms with Crippen LogP contribution in [0.25, 0.3) is 11.0 Å². The van der Waals surface area contributed by atoms with Crippen LogP contribution in [0.2, 0.25) is 0 Å². The van der Waals surface area contributed by atoms with Gasteiger partial charge in [0.15, 0.2) is 0 Å². The number of primary amides is 1. The van der Waals surface area contributed by atoms with Crippen molar-refractivity contribution in [1.29, 1.82) is 0 Å². The van der Waals surface area contributed by atoms with Crippen LogP contribution < -0.4 is 11.1 Å². The van der Waals surface area contributed by atoms with Crippen molar-refractivity contribution in [3.63, 3.8) is 0 Å². The molecule has 29 heavy (non-hydrogen) atoms. The number of carbonyl (C=O) groups excluding carboxylic acids is 2. The molecule has 1 unspecified atom stereocenters. The van der Waals surface area contributed by atoms with E-state index in [-0.39, 0.29) is 0 Å². The summed E-state index contributed by atoms with van der Waals surface area (Å²) < 4.78 is 5.76. The maximum atomic E-state index is 12.9. The van der Waals surface area contributed by atoms with Gasteiger partial charge >= 0.3 is 0 Å². The van der Waals surface area contributed by atoms with Gasteiger partial charge in [-0.05, 0) is 55.4 Å². The number of aliphatic hydroxyl groups excluding tert-OH is 1. The van der Waals surface area contributed by atoms with Gasteiger partial charge in [-0.25, -0.2) is 0 Å². The Morgan fingerprint density at radius 2 is 1.86 bits per heavy atom. The maximum absolute atomic E-state index is 12.9. The summed E-state index contributed by atoms with van der Waals surface area (Å²) >= 11 is 0. The highest BCUT2D eigenvalue weighted by Gasteiger charge is 2.40. The van der Waals surface area contributed by atoms with E-state index >= 15 is 0 Å². The molecular weight excluding hydrogens is 368 g/mol. The van der Waals surface area contributed by atoms with Gasteiger partial charge in [-0.15, -0.1) is 0 Å². The van der Waals surface area contributed by atoms with Crippen LogP contribution in [0.1, 0.15) is 52.4 Å². The molecule has 1 aliphatic carbocycles. The van der Waals surface area contributed by atoms with E-state index in [4.69, 9.17) is 10.2 Å². The number of amides is 2. The van der Waals surface area contributed by atoms with Crippen molar-refractivity contribution < 1.29 is 19.1 Å². The Kier molecular flexibility index (Phi) is 4.67. The standard InChI is InChI=1S/C23H24N2O4/c1-13-20(21(27)25-23(2,12-26)22(24)28)18-10-15(8-9-19(18)29-13)17-11-16(17)14-6-4-3-5-7-14/h3-10,16-17,26H,11-12H2,1-2H3,(H2,24,28)(H,25,27)/t16-,17-,23?/m0/s1. The van der Waals surface area contributed by atoms with Gasteiger partial charge in [0, 0.05) is 5.39 Å². The van der Waals surface area contributed by atoms with Crippen molar-refractivity contribution in [2.45, 2.75) is 37.6 Å². The SMILES string of the molecule is Cc1oc2ccc([C@@H]3C[C@H]3c3ccccc3)cc2c1C(=O)NC(C)(CO)C(N)=O. The lowest BCUT2D eigenvalue weighted by Gasteiger charge is -2.24. The van der Waals surface area contributed by atoms with Crippen molar-refractivity contribution in [3.8, 4) is 0 Å². The first-order chi connectivity index (χ1) is 13.8. The van der Waals surface area contributed by atoms with Crippen LogP contribution in [0.5, 0.6) is 0 Å². The van der Waals surface area contributed by atoms with E-state index in [1.165, 1.54) is 12.5 Å². The molecule has 2 aromatic carbocycles. The molecule has 0 saturated heterocycles. The zero-order chi connectivity index (χ0) is 20.8. The summed E-state index contributed by atoms with van der Waals surface area (Å²) in [4.78, 5) is 24.6. The molecule has 1 aromatic heterocycles. The van der Waals surface area contributed by atoms with E-state index in [0.29, 0.717) is 34.1 Å². The van der Waals surface area contributed by atoms with Crippen LogP contribution in [0.3, 0.4) is 0 Å². The van der Waals surface area contributed by atoms with E-state index < -0.39 is 24.0 Å². The smallest absolute Gasteiger partial charge is 0.256 e. The number of furan rings is 1. The highest BCUT2D eigenvalue weighted by Crippen LogP contribution is 2.55. The summed E-state index contributed by atoms with van der Waals surface area (Å²) in [5, 5.41) is 12.8. The Balaban J connectivity index is 1.66. The van der Waals surface area contributed by atoms with Gasteiger partial charge in [0.1, 0.15) is 16.9 Å². The number of benzene rings is 2. The number of fused-ring (bicyclic) bond motifs is 1. The van der Waals surface area contributed by atoms with Crippen LogP contribution in [0, 0.1) is 6.92 Å². The number of carbonyl (C=O) groups is 2. The summed E-state index contributed by atoms with van der Waals surface area (Å²) in [6.07, 6.45) is 1.07. The second-order valence-electron chi connectivity index (χ2n) is 7.96. The zero-order valence-electron chi connectivity index (χ0n) is 16.4. The van der Waals surface area contributed by atoms with Crippen LogP contribution in [-0.2, 0) is 4.79 Å². The van der Waals surface area contributed by atoms with E-state index in [1.54, 1.807) is 6.92 Å². The van der Waals surface area contributed by atoms with Gasteiger partial charge in [-0.1, -0.05) is 36.4 Å². The van der Waals surface area contributed by atoms with Crippen molar-refractivity contribution in [2.24, 2.45) is 5.73 Å². The predicted octanol–water partition coefficient (Wildman–Crippen LogP) is 2.98. The van der Waals surface area contributed by atoms with Crippen molar-refractivity contribution >= 4 is 22.8 Å². The van der Waals surface area contributed by atoms with Crippen molar-refractivity contribution in [3.05, 3.63) is 71.0 Å². The van der Waals surface area contributed by atoms with Crippen LogP contribution in [0.4, 0.5) is 0 Å². The van der Waals surface area contributed by atoms with Gasteiger partial charge in [-0.3, -0.25) is 9.59 Å². The maximum Gasteiger partial charge on any atom is 0.256 e. The number of rotatable bonds is 6. The summed E-state index contributed by atoms with van der Waals surface area (Å²) in [5.74, 6) is 0.0369. The van der Waals surface area contributed by atoms with Gasteiger partial charge in [0.25, 0.3) is 5.91 Å². The Labute approximate surface area is 168 Å². The van der Waals surface area contributed by atoms with E-state index in [0.717, 1.165) is 12.0 Å². The van der Waals surface area contributed by atoms with Crippen LogP contribution >= 0.6 is 0 Å². The second kappa shape index (κ2) is 7.04. The molecule has 4 N–H and O–H groups in total. The number of aliphatic hydroxyl groups is 1. The summed E-state index contributed by atoms with van der Waals surface area (Å²) in [5.41, 5.74) is 7.24. The Bertz CT molecular complexity index is 1090. The third kappa shape index (κ3) is 3.40. The van der Waals surface area contributed by atoms with Gasteiger partial charge < -0.3 is 20.6 Å². The lowest BCUT2D eigenvalue weighted by Crippen LogP contribution is -2.57. The van der Waals surface area contributed by atoms with E-state index in [2.05, 4.69) is 17.4 Å². The first kappa shape index (κ1) is 19.2. The number of nitrogens with two attached hydrogens (primary N) is 1. The highest BCUT2D eigenvalue weighted by molar-refractivity contribution is 6.09. The molecular formula is C23H24N2O4. The molecule has 1 fully saturated rings. The Morgan fingerprint density at radius 3 is 2.52 bits per heavy atom. The second-order valence-corrected chi connectivity index (χ2v) is 7.96. The first-order valence-corrected chi connectivity index (χ1v) is 9.65. The summed E-state index contributed by atoms with van der Waals surface area (Å²) in [6, 6.07) is 16.3. The molecule has 1 saturated carbocycles. The zero-order valence-corrected chi connectivity index (χ0v) is 16.4. The fraction of sp³-hybridized carbons (Fsp3) is 0.304. The molecule has 6 heteroatoms. The lowest BCUT2D eigenvalue weighted by molar-refractivity contribution is -0.124. The van der Waals surface area contributed by atoms with E-state index in [1.807, 2.05) is 36.4 Å². The summed E-state index contributed by atoms with van der Waals surface area (Å²) in [7, 11) is 0. The normalized spacial score (nSPS) is 20.2. The minimum absolute atomic E-state index is 0.361. The fourth-order valence-corrected chi connectivity index (χ4v) is 3.87. The number of hydrogen-bond donors (Lipinski definition) is 3. The van der Waals surface area contributed by atoms with E-state index in [9.17, 15) is 14.7 Å². The molecule has 0 bridgehead atoms. The van der Waals surface area contributed by atoms with Crippen LogP contribution in [0.15, 0.2) is 52.9 Å². The molecule has 1 heterocycles. The molecule has 6 nitrogen and oxygen atoms in total. The average Bonchev–Trinajstić information content (AvgIpc) is 3.44. The van der Waals surface area contributed by atoms with Gasteiger partial charge in [0.2, 0.25) is 5.91 Å². The van der Waals surface area contributed by atoms with Crippen LogP contribution in [-0.4, -0.2) is 29.1 Å². The predicted molar refractivity (Wildman–Crippen MR) is 110 cm³/mol. The topological polar surface area (TPSA) is 106 Å². The molecule has 2 amide bonds. The third-order valence-electron chi connectivity index (χ3n) is 5.81. The highest BCUT2D eigenvalue weighted by atomic mass is 16.3. The molecule has 3 atom stereocenters. The Hall–Kier alpha value is -3.12. The molecule has 0 spiro atoms. The minimum atomic E-state index is -1.54. The van der Waals surface area contributed by atoms with Crippen molar-refractivity contribution in [2.75, 3.05) is 6.61 Å². The number of aryl methyl sites for hydroxylation is 1. The largest absolute Gasteiger partial charge is 0.461 e.